The number of ketones is 1. The minimum absolute atomic E-state index is 0.0826. The third-order valence-corrected chi connectivity index (χ3v) is 1.91. The van der Waals surface area contributed by atoms with Gasteiger partial charge in [0.15, 0.2) is 0 Å². The fourth-order valence-electron chi connectivity index (χ4n) is 1.26. The van der Waals surface area contributed by atoms with Gasteiger partial charge in [-0.05, 0) is 19.1 Å². The minimum Gasteiger partial charge on any atom is -0.344 e. The van der Waals surface area contributed by atoms with Crippen LogP contribution in [0.4, 0.5) is 5.69 Å². The molecule has 1 aromatic rings. The predicted molar refractivity (Wildman–Crippen MR) is 66.7 cm³/mol. The van der Waals surface area contributed by atoms with Gasteiger partial charge in [-0.25, -0.2) is 0 Å². The van der Waals surface area contributed by atoms with E-state index in [-0.39, 0.29) is 5.78 Å². The Balaban J connectivity index is 2.67. The summed E-state index contributed by atoms with van der Waals surface area (Å²) in [6.45, 7) is 2.56. The molecule has 0 heterocycles. The Kier molecular flexibility index (Phi) is 5.22. The van der Waals surface area contributed by atoms with E-state index in [1.165, 1.54) is 0 Å². The maximum absolute atomic E-state index is 11.1. The van der Waals surface area contributed by atoms with E-state index in [9.17, 15) is 4.79 Å². The molecule has 4 nitrogen and oxygen atoms in total. The molecule has 0 aliphatic rings. The lowest BCUT2D eigenvalue weighted by Gasteiger charge is -2.08. The van der Waals surface area contributed by atoms with Gasteiger partial charge in [0.25, 0.3) is 0 Å². The molecule has 0 saturated heterocycles. The second-order valence-corrected chi connectivity index (χ2v) is 3.49. The van der Waals surface area contributed by atoms with Gasteiger partial charge in [0.2, 0.25) is 0 Å². The highest BCUT2D eigenvalue weighted by Gasteiger charge is 2.03. The predicted octanol–water partition coefficient (Wildman–Crippen LogP) is 1.43. The molecule has 1 rings (SSSR count). The van der Waals surface area contributed by atoms with E-state index >= 15 is 0 Å². The van der Waals surface area contributed by atoms with Gasteiger partial charge in [0, 0.05) is 12.2 Å². The van der Waals surface area contributed by atoms with Crippen molar-refractivity contribution in [3.8, 4) is 0 Å². The van der Waals surface area contributed by atoms with Crippen molar-refractivity contribution in [2.75, 3.05) is 18.4 Å². The highest BCUT2D eigenvalue weighted by atomic mass is 16.1. The van der Waals surface area contributed by atoms with Crippen LogP contribution in [0.3, 0.4) is 0 Å². The number of carbonyl (C=O) groups excluding carboxylic acids is 1. The Morgan fingerprint density at radius 3 is 2.62 bits per heavy atom. The van der Waals surface area contributed by atoms with Crippen LogP contribution < -0.4 is 11.1 Å². The molecule has 0 unspecified atom stereocenters. The zero-order valence-corrected chi connectivity index (χ0v) is 9.44. The van der Waals surface area contributed by atoms with E-state index in [0.717, 1.165) is 5.69 Å². The number of nitrogens with zero attached hydrogens (tertiary/aromatic N) is 1. The number of amidine groups is 1. The van der Waals surface area contributed by atoms with Crippen molar-refractivity contribution in [1.29, 1.82) is 0 Å². The lowest BCUT2D eigenvalue weighted by Crippen LogP contribution is -2.17. The summed E-state index contributed by atoms with van der Waals surface area (Å²) < 4.78 is 0. The largest absolute Gasteiger partial charge is 0.344 e. The van der Waals surface area contributed by atoms with Crippen LogP contribution in [-0.4, -0.2) is 24.7 Å². The molecule has 1 aromatic carbocycles. The number of hydrogen-bond donors (Lipinski definition) is 2. The summed E-state index contributed by atoms with van der Waals surface area (Å²) in [4.78, 5) is 15.3. The number of rotatable bonds is 5. The Morgan fingerprint density at radius 1 is 1.38 bits per heavy atom. The molecule has 86 valence electrons. The van der Waals surface area contributed by atoms with E-state index < -0.39 is 0 Å². The Bertz CT molecular complexity index is 360. The lowest BCUT2D eigenvalue weighted by atomic mass is 10.2. The van der Waals surface area contributed by atoms with Crippen molar-refractivity contribution in [3.63, 3.8) is 0 Å². The fraction of sp³-hybridized carbons (Fsp3) is 0.333. The zero-order valence-electron chi connectivity index (χ0n) is 9.44. The first-order valence-corrected chi connectivity index (χ1v) is 5.27. The van der Waals surface area contributed by atoms with Crippen LogP contribution in [0.15, 0.2) is 35.3 Å². The van der Waals surface area contributed by atoms with Gasteiger partial charge in [0.05, 0.1) is 13.0 Å². The number of Topliss-reactive ketones (excluding diaryl/α,β-unsaturated/α-hetero) is 1. The van der Waals surface area contributed by atoms with Crippen LogP contribution in [0.25, 0.3) is 0 Å². The van der Waals surface area contributed by atoms with Crippen molar-refractivity contribution in [2.45, 2.75) is 13.3 Å². The van der Waals surface area contributed by atoms with Crippen molar-refractivity contribution < 1.29 is 4.79 Å². The molecule has 0 amide bonds. The maximum atomic E-state index is 11.1. The molecular weight excluding hydrogens is 202 g/mol. The Labute approximate surface area is 95.6 Å². The summed E-state index contributed by atoms with van der Waals surface area (Å²) in [6.07, 6.45) is 0.314. The average molecular weight is 219 g/mol. The van der Waals surface area contributed by atoms with Crippen molar-refractivity contribution >= 4 is 17.3 Å². The SMILES string of the molecule is CC(=O)CC(=NCCN)Nc1ccccc1. The van der Waals surface area contributed by atoms with Gasteiger partial charge in [-0.15, -0.1) is 0 Å². The average Bonchev–Trinajstić information content (AvgIpc) is 2.26. The summed E-state index contributed by atoms with van der Waals surface area (Å²) in [5.41, 5.74) is 6.31. The Morgan fingerprint density at radius 2 is 2.06 bits per heavy atom. The second kappa shape index (κ2) is 6.74. The second-order valence-electron chi connectivity index (χ2n) is 3.49. The lowest BCUT2D eigenvalue weighted by molar-refractivity contribution is -0.115. The highest BCUT2D eigenvalue weighted by Crippen LogP contribution is 2.06. The number of anilines is 1. The van der Waals surface area contributed by atoms with E-state index in [4.69, 9.17) is 5.73 Å². The molecular formula is C12H17N3O. The van der Waals surface area contributed by atoms with E-state index in [0.29, 0.717) is 25.3 Å². The number of aliphatic imine (C=N–C) groups is 1. The molecule has 0 atom stereocenters. The molecule has 16 heavy (non-hydrogen) atoms. The van der Waals surface area contributed by atoms with E-state index in [2.05, 4.69) is 10.3 Å². The molecule has 4 heteroatoms. The molecule has 0 aromatic heterocycles. The van der Waals surface area contributed by atoms with Crippen LogP contribution in [0.1, 0.15) is 13.3 Å². The first-order valence-electron chi connectivity index (χ1n) is 5.27. The minimum atomic E-state index is 0.0826. The van der Waals surface area contributed by atoms with Crippen LogP contribution in [0.2, 0.25) is 0 Å². The molecule has 0 spiro atoms. The summed E-state index contributed by atoms with van der Waals surface area (Å²) in [7, 11) is 0. The van der Waals surface area contributed by atoms with Crippen LogP contribution in [-0.2, 0) is 4.79 Å². The zero-order chi connectivity index (χ0) is 11.8. The van der Waals surface area contributed by atoms with Crippen molar-refractivity contribution in [2.24, 2.45) is 10.7 Å². The molecule has 0 bridgehead atoms. The topological polar surface area (TPSA) is 67.5 Å². The first-order chi connectivity index (χ1) is 7.72. The summed E-state index contributed by atoms with van der Waals surface area (Å²) in [6, 6.07) is 9.65. The fourth-order valence-corrected chi connectivity index (χ4v) is 1.26. The van der Waals surface area contributed by atoms with Crippen LogP contribution in [0, 0.1) is 0 Å². The van der Waals surface area contributed by atoms with Gasteiger partial charge in [-0.3, -0.25) is 9.79 Å². The van der Waals surface area contributed by atoms with Crippen molar-refractivity contribution in [3.05, 3.63) is 30.3 Å². The molecule has 0 fully saturated rings. The van der Waals surface area contributed by atoms with Gasteiger partial charge >= 0.3 is 0 Å². The molecule has 0 radical (unpaired) electrons. The number of para-hydroxylation sites is 1. The normalized spacial score (nSPS) is 11.2. The number of nitrogens with one attached hydrogen (secondary N) is 1. The summed E-state index contributed by atoms with van der Waals surface area (Å²) >= 11 is 0. The number of nitrogens with two attached hydrogens (primary N) is 1. The standard InChI is InChI=1S/C12H17N3O/c1-10(16)9-12(14-8-7-13)15-11-5-3-2-4-6-11/h2-6H,7-9,13H2,1H3,(H,14,15). The van der Waals surface area contributed by atoms with Gasteiger partial charge in [-0.1, -0.05) is 18.2 Å². The quantitative estimate of drug-likeness (QED) is 0.581. The van der Waals surface area contributed by atoms with Gasteiger partial charge < -0.3 is 11.1 Å². The summed E-state index contributed by atoms with van der Waals surface area (Å²) in [5, 5.41) is 3.12. The first kappa shape index (κ1) is 12.4. The maximum Gasteiger partial charge on any atom is 0.137 e. The van der Waals surface area contributed by atoms with Gasteiger partial charge in [0.1, 0.15) is 11.6 Å². The number of hydrogen-bond acceptors (Lipinski definition) is 3. The summed E-state index contributed by atoms with van der Waals surface area (Å²) in [5.74, 6) is 0.753. The monoisotopic (exact) mass is 219 g/mol. The van der Waals surface area contributed by atoms with Crippen LogP contribution >= 0.6 is 0 Å². The molecule has 0 aliphatic heterocycles. The number of carbonyl (C=O) groups is 1. The van der Waals surface area contributed by atoms with Gasteiger partial charge in [-0.2, -0.15) is 0 Å². The highest BCUT2D eigenvalue weighted by molar-refractivity contribution is 6.06. The third kappa shape index (κ3) is 4.70. The number of benzene rings is 1. The molecule has 0 saturated carbocycles. The molecule has 3 N–H and O–H groups in total. The van der Waals surface area contributed by atoms with Crippen LogP contribution in [0.5, 0.6) is 0 Å². The Hall–Kier alpha value is -1.68. The van der Waals surface area contributed by atoms with E-state index in [1.807, 2.05) is 30.3 Å². The van der Waals surface area contributed by atoms with Crippen molar-refractivity contribution in [1.82, 2.24) is 0 Å². The third-order valence-electron chi connectivity index (χ3n) is 1.91. The smallest absolute Gasteiger partial charge is 0.137 e. The molecule has 0 aliphatic carbocycles. The van der Waals surface area contributed by atoms with E-state index in [1.54, 1.807) is 6.92 Å².